The van der Waals surface area contributed by atoms with E-state index >= 15 is 0 Å². The molecular weight excluding hydrogens is 500 g/mol. The molecule has 39 heavy (non-hydrogen) atoms. The van der Waals surface area contributed by atoms with Crippen molar-refractivity contribution >= 4 is 34.4 Å². The molecule has 0 atom stereocenters. The van der Waals surface area contributed by atoms with Crippen molar-refractivity contribution in [2.45, 2.75) is 26.4 Å². The molecule has 1 heterocycles. The van der Waals surface area contributed by atoms with Gasteiger partial charge in [-0.05, 0) is 56.7 Å². The molecule has 0 spiro atoms. The quantitative estimate of drug-likeness (QED) is 0.242. The number of aryl methyl sites for hydroxylation is 1. The molecular formula is C30H30N2O7. The maximum atomic E-state index is 13.3. The molecule has 2 N–H and O–H groups in total. The minimum absolute atomic E-state index is 0.0765. The van der Waals surface area contributed by atoms with Crippen molar-refractivity contribution in [2.75, 3.05) is 25.6 Å². The number of rotatable bonds is 9. The molecule has 1 aromatic heterocycles. The first-order chi connectivity index (χ1) is 18.8. The number of carbonyl (C=O) groups is 3. The molecule has 0 aliphatic rings. The molecule has 0 saturated heterocycles. The van der Waals surface area contributed by atoms with Crippen molar-refractivity contribution in [3.05, 3.63) is 89.6 Å². The zero-order chi connectivity index (χ0) is 28.2. The Balaban J connectivity index is 2.07. The predicted octanol–water partition coefficient (Wildman–Crippen LogP) is 4.51. The van der Waals surface area contributed by atoms with Crippen LogP contribution in [0.5, 0.6) is 5.75 Å². The Morgan fingerprint density at radius 2 is 1.49 bits per heavy atom. The Hall–Kier alpha value is -4.63. The Bertz CT molecular complexity index is 1510. The van der Waals surface area contributed by atoms with Crippen LogP contribution in [0.4, 0.5) is 5.69 Å². The van der Waals surface area contributed by atoms with Crippen molar-refractivity contribution < 1.29 is 33.7 Å². The highest BCUT2D eigenvalue weighted by Crippen LogP contribution is 2.42. The van der Waals surface area contributed by atoms with Crippen LogP contribution >= 0.6 is 0 Å². The molecule has 0 saturated carbocycles. The van der Waals surface area contributed by atoms with Crippen molar-refractivity contribution in [3.63, 3.8) is 0 Å². The molecule has 4 rings (SSSR count). The van der Waals surface area contributed by atoms with Crippen LogP contribution < -0.4 is 10.1 Å². The number of esters is 2. The van der Waals surface area contributed by atoms with Crippen LogP contribution in [-0.2, 0) is 24.7 Å². The highest BCUT2D eigenvalue weighted by molar-refractivity contribution is 6.08. The van der Waals surface area contributed by atoms with E-state index in [0.717, 1.165) is 0 Å². The first kappa shape index (κ1) is 27.4. The number of aromatic nitrogens is 1. The van der Waals surface area contributed by atoms with Gasteiger partial charge in [0.05, 0.1) is 37.2 Å². The van der Waals surface area contributed by atoms with Gasteiger partial charge in [-0.3, -0.25) is 4.79 Å². The maximum absolute atomic E-state index is 13.3. The van der Waals surface area contributed by atoms with Crippen LogP contribution in [0, 0.1) is 6.92 Å². The van der Waals surface area contributed by atoms with Gasteiger partial charge >= 0.3 is 17.5 Å². The standard InChI is InChI=1S/C30H30N2O7/c1-5-38-28(34)30(36,29(35)39-6-2)26-19(3)21-15-10-11-17-23(21)32(26)25-22(16-12-18-24(25)37-4)31-27(33)20-13-8-7-9-14-20/h7-18,36H,5-6H2,1-4H3,(H,31,33). The molecule has 0 unspecified atom stereocenters. The van der Waals surface area contributed by atoms with Gasteiger partial charge in [0.15, 0.2) is 0 Å². The molecule has 0 radical (unpaired) electrons. The number of aliphatic hydroxyl groups is 1. The molecule has 202 valence electrons. The topological polar surface area (TPSA) is 116 Å². The summed E-state index contributed by atoms with van der Waals surface area (Å²) in [4.78, 5) is 39.8. The van der Waals surface area contributed by atoms with E-state index in [0.29, 0.717) is 39.2 Å². The number of ether oxygens (including phenoxy) is 3. The fourth-order valence-corrected chi connectivity index (χ4v) is 4.62. The second kappa shape index (κ2) is 11.4. The summed E-state index contributed by atoms with van der Waals surface area (Å²) in [7, 11) is 1.46. The molecule has 9 nitrogen and oxygen atoms in total. The van der Waals surface area contributed by atoms with Crippen molar-refractivity contribution in [1.82, 2.24) is 4.57 Å². The minimum Gasteiger partial charge on any atom is -0.494 e. The number of carbonyl (C=O) groups excluding carboxylic acids is 3. The van der Waals surface area contributed by atoms with Gasteiger partial charge in [-0.2, -0.15) is 0 Å². The van der Waals surface area contributed by atoms with Crippen LogP contribution in [-0.4, -0.2) is 47.8 Å². The Morgan fingerprint density at radius 3 is 2.10 bits per heavy atom. The number of hydrogen-bond acceptors (Lipinski definition) is 7. The van der Waals surface area contributed by atoms with E-state index in [1.807, 2.05) is 0 Å². The third-order valence-corrected chi connectivity index (χ3v) is 6.34. The number of anilines is 1. The van der Waals surface area contributed by atoms with Gasteiger partial charge < -0.3 is 29.2 Å². The summed E-state index contributed by atoms with van der Waals surface area (Å²) in [6.07, 6.45) is 0. The zero-order valence-electron chi connectivity index (χ0n) is 22.2. The smallest absolute Gasteiger partial charge is 0.356 e. The fourth-order valence-electron chi connectivity index (χ4n) is 4.62. The third-order valence-electron chi connectivity index (χ3n) is 6.34. The number of amides is 1. The number of para-hydroxylation sites is 2. The lowest BCUT2D eigenvalue weighted by Crippen LogP contribution is -2.48. The van der Waals surface area contributed by atoms with E-state index < -0.39 is 17.5 Å². The number of nitrogens with one attached hydrogen (secondary N) is 1. The maximum Gasteiger partial charge on any atom is 0.356 e. The second-order valence-corrected chi connectivity index (χ2v) is 8.65. The summed E-state index contributed by atoms with van der Waals surface area (Å²) < 4.78 is 17.6. The molecule has 3 aromatic carbocycles. The van der Waals surface area contributed by atoms with E-state index in [2.05, 4.69) is 5.32 Å². The summed E-state index contributed by atoms with van der Waals surface area (Å²) in [6, 6.07) is 20.9. The molecule has 0 aliphatic heterocycles. The third kappa shape index (κ3) is 4.84. The molecule has 0 aliphatic carbocycles. The van der Waals surface area contributed by atoms with Crippen LogP contribution in [0.2, 0.25) is 0 Å². The number of methoxy groups -OCH3 is 1. The van der Waals surface area contributed by atoms with Gasteiger partial charge in [-0.15, -0.1) is 0 Å². The van der Waals surface area contributed by atoms with E-state index in [-0.39, 0.29) is 24.8 Å². The molecule has 0 fully saturated rings. The molecule has 1 amide bonds. The lowest BCUT2D eigenvalue weighted by Gasteiger charge is -2.28. The normalized spacial score (nSPS) is 11.2. The van der Waals surface area contributed by atoms with Gasteiger partial charge in [0.2, 0.25) is 0 Å². The van der Waals surface area contributed by atoms with Gasteiger partial charge in [0.25, 0.3) is 5.91 Å². The van der Waals surface area contributed by atoms with Crippen LogP contribution in [0.25, 0.3) is 16.6 Å². The monoisotopic (exact) mass is 530 g/mol. The van der Waals surface area contributed by atoms with E-state index in [4.69, 9.17) is 14.2 Å². The average Bonchev–Trinajstić information content (AvgIpc) is 3.25. The summed E-state index contributed by atoms with van der Waals surface area (Å²) in [5.41, 5.74) is -0.862. The number of benzene rings is 3. The van der Waals surface area contributed by atoms with E-state index in [9.17, 15) is 19.5 Å². The molecule has 9 heteroatoms. The van der Waals surface area contributed by atoms with E-state index in [1.54, 1.807) is 93.6 Å². The molecule has 4 aromatic rings. The first-order valence-electron chi connectivity index (χ1n) is 12.5. The second-order valence-electron chi connectivity index (χ2n) is 8.65. The average molecular weight is 531 g/mol. The fraction of sp³-hybridized carbons (Fsp3) is 0.233. The highest BCUT2D eigenvalue weighted by Gasteiger charge is 2.53. The van der Waals surface area contributed by atoms with Crippen LogP contribution in [0.15, 0.2) is 72.8 Å². The van der Waals surface area contributed by atoms with Crippen LogP contribution in [0.3, 0.4) is 0 Å². The van der Waals surface area contributed by atoms with Gasteiger partial charge in [-0.1, -0.05) is 42.5 Å². The van der Waals surface area contributed by atoms with Crippen molar-refractivity contribution in [3.8, 4) is 11.4 Å². The first-order valence-corrected chi connectivity index (χ1v) is 12.5. The van der Waals surface area contributed by atoms with Crippen molar-refractivity contribution in [1.29, 1.82) is 0 Å². The van der Waals surface area contributed by atoms with E-state index in [1.165, 1.54) is 11.7 Å². The minimum atomic E-state index is -2.82. The largest absolute Gasteiger partial charge is 0.494 e. The van der Waals surface area contributed by atoms with Crippen molar-refractivity contribution in [2.24, 2.45) is 0 Å². The summed E-state index contributed by atoms with van der Waals surface area (Å²) in [5, 5.41) is 15.5. The Labute approximate surface area is 225 Å². The number of nitrogens with zero attached hydrogens (tertiary/aromatic N) is 1. The van der Waals surface area contributed by atoms with Gasteiger partial charge in [-0.25, -0.2) is 9.59 Å². The number of fused-ring (bicyclic) bond motifs is 1. The summed E-state index contributed by atoms with van der Waals surface area (Å²) in [5.74, 6) is -2.43. The van der Waals surface area contributed by atoms with Crippen LogP contribution in [0.1, 0.15) is 35.5 Å². The number of hydrogen-bond donors (Lipinski definition) is 2. The highest BCUT2D eigenvalue weighted by atomic mass is 16.6. The zero-order valence-corrected chi connectivity index (χ0v) is 22.2. The lowest BCUT2D eigenvalue weighted by molar-refractivity contribution is -0.185. The predicted molar refractivity (Wildman–Crippen MR) is 146 cm³/mol. The van der Waals surface area contributed by atoms with Gasteiger partial charge in [0, 0.05) is 10.9 Å². The Morgan fingerprint density at radius 1 is 0.872 bits per heavy atom. The lowest BCUT2D eigenvalue weighted by atomic mass is 9.95. The summed E-state index contributed by atoms with van der Waals surface area (Å²) >= 11 is 0. The SMILES string of the molecule is CCOC(=O)C(O)(C(=O)OCC)c1c(C)c2ccccc2n1-c1c(NC(=O)c2ccccc2)cccc1OC. The summed E-state index contributed by atoms with van der Waals surface area (Å²) in [6.45, 7) is 4.68. The molecule has 0 bridgehead atoms. The Kier molecular flexibility index (Phi) is 8.01. The van der Waals surface area contributed by atoms with Gasteiger partial charge in [0.1, 0.15) is 11.4 Å².